The molecule has 4 nitrogen and oxygen atoms in total. The van der Waals surface area contributed by atoms with Crippen molar-refractivity contribution in [2.45, 2.75) is 17.7 Å². The summed E-state index contributed by atoms with van der Waals surface area (Å²) < 4.78 is 26.7. The summed E-state index contributed by atoms with van der Waals surface area (Å²) in [5.41, 5.74) is 2.15. The number of thioether (sulfide) groups is 1. The van der Waals surface area contributed by atoms with Gasteiger partial charge in [-0.05, 0) is 42.9 Å². The van der Waals surface area contributed by atoms with E-state index in [1.165, 1.54) is 0 Å². The number of benzene rings is 1. The van der Waals surface area contributed by atoms with E-state index in [2.05, 4.69) is 10.0 Å². The topological polar surface area (TPSA) is 58.2 Å². The molecular weight excluding hydrogens is 268 g/mol. The normalized spacial score (nSPS) is 14.9. The van der Waals surface area contributed by atoms with E-state index >= 15 is 0 Å². The third-order valence-corrected chi connectivity index (χ3v) is 4.99. The summed E-state index contributed by atoms with van der Waals surface area (Å²) >= 11 is 1.62. The van der Waals surface area contributed by atoms with Crippen molar-refractivity contribution in [1.29, 1.82) is 0 Å². The lowest BCUT2D eigenvalue weighted by molar-refractivity contribution is 0.584. The number of anilines is 1. The van der Waals surface area contributed by atoms with Crippen LogP contribution in [0, 0.1) is 0 Å². The monoisotopic (exact) mass is 286 g/mol. The Labute approximate surface area is 113 Å². The first-order valence-corrected chi connectivity index (χ1v) is 8.86. The van der Waals surface area contributed by atoms with Gasteiger partial charge >= 0.3 is 0 Å². The van der Waals surface area contributed by atoms with Gasteiger partial charge in [-0.2, -0.15) is 11.8 Å². The molecule has 18 heavy (non-hydrogen) atoms. The third kappa shape index (κ3) is 3.18. The minimum absolute atomic E-state index is 0.367. The molecule has 1 aromatic rings. The molecule has 0 aliphatic carbocycles. The number of hydrogen-bond donors (Lipinski definition) is 2. The molecular formula is C12H18N2O2S2. The molecule has 0 bridgehead atoms. The van der Waals surface area contributed by atoms with E-state index in [-0.39, 0.29) is 0 Å². The Kier molecular flexibility index (Phi) is 4.53. The van der Waals surface area contributed by atoms with E-state index in [9.17, 15) is 8.42 Å². The van der Waals surface area contributed by atoms with Crippen LogP contribution in [0.5, 0.6) is 0 Å². The zero-order valence-corrected chi connectivity index (χ0v) is 12.0. The summed E-state index contributed by atoms with van der Waals surface area (Å²) in [6.45, 7) is 1.43. The summed E-state index contributed by atoms with van der Waals surface area (Å²) in [6, 6.07) is 5.30. The minimum atomic E-state index is -3.36. The first-order chi connectivity index (χ1) is 8.63. The molecule has 0 spiro atoms. The molecule has 0 saturated heterocycles. The number of sulfonamides is 1. The van der Waals surface area contributed by atoms with Crippen molar-refractivity contribution in [2.24, 2.45) is 0 Å². The van der Waals surface area contributed by atoms with Crippen LogP contribution in [-0.2, 0) is 16.4 Å². The summed E-state index contributed by atoms with van der Waals surface area (Å²) in [5.74, 6) is 0.783. The van der Waals surface area contributed by atoms with Gasteiger partial charge in [0.1, 0.15) is 0 Å². The summed E-state index contributed by atoms with van der Waals surface area (Å²) in [6.07, 6.45) is 3.95. The molecule has 100 valence electrons. The second-order valence-electron chi connectivity index (χ2n) is 4.24. The lowest BCUT2D eigenvalue weighted by Crippen LogP contribution is -2.26. The van der Waals surface area contributed by atoms with Crippen LogP contribution in [0.15, 0.2) is 23.1 Å². The van der Waals surface area contributed by atoms with Gasteiger partial charge in [-0.3, -0.25) is 0 Å². The second kappa shape index (κ2) is 5.95. The Balaban J connectivity index is 2.17. The van der Waals surface area contributed by atoms with Gasteiger partial charge < -0.3 is 5.32 Å². The maximum atomic E-state index is 12.1. The van der Waals surface area contributed by atoms with Crippen molar-refractivity contribution in [3.63, 3.8) is 0 Å². The first-order valence-electron chi connectivity index (χ1n) is 5.99. The van der Waals surface area contributed by atoms with Crippen LogP contribution >= 0.6 is 11.8 Å². The molecule has 0 unspecified atom stereocenters. The number of aryl methyl sites for hydroxylation is 1. The van der Waals surface area contributed by atoms with Crippen molar-refractivity contribution in [1.82, 2.24) is 4.72 Å². The largest absolute Gasteiger partial charge is 0.385 e. The SMILES string of the molecule is CSCCNS(=O)(=O)c1ccc2c(c1)CCCN2. The standard InChI is InChI=1S/C12H18N2O2S2/c1-17-8-7-14-18(15,16)11-4-5-12-10(9-11)3-2-6-13-12/h4-5,9,13-14H,2-3,6-8H2,1H3. The number of rotatable bonds is 5. The van der Waals surface area contributed by atoms with Crippen LogP contribution in [-0.4, -0.2) is 33.5 Å². The highest BCUT2D eigenvalue weighted by Gasteiger charge is 2.16. The fraction of sp³-hybridized carbons (Fsp3) is 0.500. The molecule has 1 aliphatic heterocycles. The van der Waals surface area contributed by atoms with Crippen LogP contribution in [0.3, 0.4) is 0 Å². The van der Waals surface area contributed by atoms with Gasteiger partial charge in [0.15, 0.2) is 0 Å². The van der Waals surface area contributed by atoms with Gasteiger partial charge in [0.2, 0.25) is 10.0 Å². The zero-order valence-electron chi connectivity index (χ0n) is 10.4. The highest BCUT2D eigenvalue weighted by Crippen LogP contribution is 2.24. The molecule has 1 aliphatic rings. The Morgan fingerprint density at radius 3 is 3.06 bits per heavy atom. The van der Waals surface area contributed by atoms with E-state index < -0.39 is 10.0 Å². The lowest BCUT2D eigenvalue weighted by Gasteiger charge is -2.18. The van der Waals surface area contributed by atoms with Gasteiger partial charge in [0, 0.05) is 24.5 Å². The molecule has 0 amide bonds. The van der Waals surface area contributed by atoms with Gasteiger partial charge in [0.25, 0.3) is 0 Å². The van der Waals surface area contributed by atoms with Crippen LogP contribution < -0.4 is 10.0 Å². The number of nitrogens with one attached hydrogen (secondary N) is 2. The average molecular weight is 286 g/mol. The number of hydrogen-bond acceptors (Lipinski definition) is 4. The molecule has 1 heterocycles. The molecule has 6 heteroatoms. The highest BCUT2D eigenvalue weighted by atomic mass is 32.2. The fourth-order valence-electron chi connectivity index (χ4n) is 1.98. The van der Waals surface area contributed by atoms with Crippen molar-refractivity contribution in [3.05, 3.63) is 23.8 Å². The van der Waals surface area contributed by atoms with Crippen molar-refractivity contribution < 1.29 is 8.42 Å². The quantitative estimate of drug-likeness (QED) is 0.809. The molecule has 0 atom stereocenters. The molecule has 2 rings (SSSR count). The minimum Gasteiger partial charge on any atom is -0.385 e. The zero-order chi connectivity index (χ0) is 13.0. The number of fused-ring (bicyclic) bond motifs is 1. The van der Waals surface area contributed by atoms with Crippen LogP contribution in [0.25, 0.3) is 0 Å². The van der Waals surface area contributed by atoms with Crippen LogP contribution in [0.2, 0.25) is 0 Å². The third-order valence-electron chi connectivity index (χ3n) is 2.92. The summed E-state index contributed by atoms with van der Waals surface area (Å²) in [7, 11) is -3.36. The predicted molar refractivity (Wildman–Crippen MR) is 76.8 cm³/mol. The van der Waals surface area contributed by atoms with Gasteiger partial charge in [0.05, 0.1) is 4.90 Å². The van der Waals surface area contributed by atoms with Gasteiger partial charge in [-0.1, -0.05) is 0 Å². The first kappa shape index (κ1) is 13.7. The molecule has 0 radical (unpaired) electrons. The lowest BCUT2D eigenvalue weighted by atomic mass is 10.0. The smallest absolute Gasteiger partial charge is 0.240 e. The molecule has 2 N–H and O–H groups in total. The van der Waals surface area contributed by atoms with E-state index in [0.717, 1.165) is 36.4 Å². The Bertz CT molecular complexity index is 515. The van der Waals surface area contributed by atoms with E-state index in [0.29, 0.717) is 11.4 Å². The van der Waals surface area contributed by atoms with E-state index in [1.807, 2.05) is 12.3 Å². The van der Waals surface area contributed by atoms with E-state index in [1.54, 1.807) is 23.9 Å². The van der Waals surface area contributed by atoms with Crippen molar-refractivity contribution in [3.8, 4) is 0 Å². The second-order valence-corrected chi connectivity index (χ2v) is 6.99. The fourth-order valence-corrected chi connectivity index (χ4v) is 3.50. The van der Waals surface area contributed by atoms with Crippen molar-refractivity contribution in [2.75, 3.05) is 30.4 Å². The Morgan fingerprint density at radius 2 is 2.28 bits per heavy atom. The Morgan fingerprint density at radius 1 is 1.44 bits per heavy atom. The van der Waals surface area contributed by atoms with Crippen molar-refractivity contribution >= 4 is 27.5 Å². The summed E-state index contributed by atoms with van der Waals surface area (Å²) in [5, 5.41) is 3.28. The van der Waals surface area contributed by atoms with Crippen LogP contribution in [0.1, 0.15) is 12.0 Å². The average Bonchev–Trinajstić information content (AvgIpc) is 2.38. The highest BCUT2D eigenvalue weighted by molar-refractivity contribution is 7.98. The Hall–Kier alpha value is -0.720. The van der Waals surface area contributed by atoms with E-state index in [4.69, 9.17) is 0 Å². The van der Waals surface area contributed by atoms with Gasteiger partial charge in [-0.15, -0.1) is 0 Å². The molecule has 0 fully saturated rings. The van der Waals surface area contributed by atoms with Gasteiger partial charge in [-0.25, -0.2) is 13.1 Å². The summed E-state index contributed by atoms with van der Waals surface area (Å²) in [4.78, 5) is 0.367. The molecule has 0 aromatic heterocycles. The maximum Gasteiger partial charge on any atom is 0.240 e. The molecule has 0 saturated carbocycles. The predicted octanol–water partition coefficient (Wildman–Crippen LogP) is 1.69. The maximum absolute atomic E-state index is 12.1. The molecule has 1 aromatic carbocycles. The van der Waals surface area contributed by atoms with Crippen LogP contribution in [0.4, 0.5) is 5.69 Å².